The van der Waals surface area contributed by atoms with E-state index < -0.39 is 0 Å². The lowest BCUT2D eigenvalue weighted by molar-refractivity contribution is 0.0783. The van der Waals surface area contributed by atoms with Crippen LogP contribution in [0.25, 0.3) is 0 Å². The average Bonchev–Trinajstić information content (AvgIpc) is 2.38. The Labute approximate surface area is 107 Å². The summed E-state index contributed by atoms with van der Waals surface area (Å²) in [5, 5.41) is 3.55. The topological polar surface area (TPSA) is 18.5 Å². The van der Waals surface area contributed by atoms with Crippen molar-refractivity contribution in [2.75, 3.05) is 33.2 Å². The van der Waals surface area contributed by atoms with E-state index in [2.05, 4.69) is 36.0 Å². The van der Waals surface area contributed by atoms with Crippen LogP contribution in [0.1, 0.15) is 39.5 Å². The Morgan fingerprint density at radius 2 is 1.88 bits per heavy atom. The zero-order chi connectivity index (χ0) is 12.3. The number of hydrogen-bond donors (Lipinski definition) is 1. The van der Waals surface area contributed by atoms with Gasteiger partial charge >= 0.3 is 0 Å². The van der Waals surface area contributed by atoms with Crippen LogP contribution in [-0.4, -0.2) is 61.2 Å². The molecule has 0 aromatic rings. The third-order valence-corrected chi connectivity index (χ3v) is 4.75. The molecule has 0 aliphatic carbocycles. The van der Waals surface area contributed by atoms with Gasteiger partial charge in [-0.2, -0.15) is 0 Å². The molecule has 1 N–H and O–H groups in total. The fourth-order valence-electron chi connectivity index (χ4n) is 3.42. The van der Waals surface area contributed by atoms with Gasteiger partial charge in [0.2, 0.25) is 0 Å². The van der Waals surface area contributed by atoms with Crippen LogP contribution in [0.2, 0.25) is 0 Å². The number of nitrogens with one attached hydrogen (secondary N) is 1. The zero-order valence-corrected chi connectivity index (χ0v) is 11.8. The Morgan fingerprint density at radius 1 is 1.18 bits per heavy atom. The second-order valence-corrected chi connectivity index (χ2v) is 5.86. The van der Waals surface area contributed by atoms with Crippen molar-refractivity contribution in [1.29, 1.82) is 0 Å². The van der Waals surface area contributed by atoms with E-state index in [-0.39, 0.29) is 0 Å². The Balaban J connectivity index is 1.81. The average molecular weight is 239 g/mol. The maximum Gasteiger partial charge on any atom is 0.0122 e. The molecular weight excluding hydrogens is 210 g/mol. The van der Waals surface area contributed by atoms with Gasteiger partial charge in [-0.25, -0.2) is 0 Å². The van der Waals surface area contributed by atoms with Gasteiger partial charge in [-0.3, -0.25) is 0 Å². The largest absolute Gasteiger partial charge is 0.314 e. The van der Waals surface area contributed by atoms with E-state index in [0.717, 1.165) is 12.1 Å². The molecule has 3 heteroatoms. The van der Waals surface area contributed by atoms with E-state index in [1.165, 1.54) is 51.9 Å². The molecule has 2 fully saturated rings. The lowest BCUT2D eigenvalue weighted by Crippen LogP contribution is -2.51. The van der Waals surface area contributed by atoms with E-state index in [1.54, 1.807) is 0 Å². The normalized spacial score (nSPS) is 33.2. The summed E-state index contributed by atoms with van der Waals surface area (Å²) in [4.78, 5) is 5.26. The van der Waals surface area contributed by atoms with Crippen molar-refractivity contribution in [2.24, 2.45) is 0 Å². The predicted molar refractivity (Wildman–Crippen MR) is 73.4 cm³/mol. The lowest BCUT2D eigenvalue weighted by atomic mass is 9.95. The first kappa shape index (κ1) is 13.3. The molecule has 2 heterocycles. The number of nitrogens with zero attached hydrogens (tertiary/aromatic N) is 2. The molecular formula is C14H29N3. The summed E-state index contributed by atoms with van der Waals surface area (Å²) in [6.07, 6.45) is 5.38. The first-order valence-corrected chi connectivity index (χ1v) is 7.38. The lowest BCUT2D eigenvalue weighted by Gasteiger charge is -2.42. The minimum Gasteiger partial charge on any atom is -0.314 e. The highest BCUT2D eigenvalue weighted by Gasteiger charge is 2.28. The molecule has 2 unspecified atom stereocenters. The van der Waals surface area contributed by atoms with Gasteiger partial charge in [-0.1, -0.05) is 6.92 Å². The first-order chi connectivity index (χ1) is 8.20. The number of likely N-dealkylation sites (tertiary alicyclic amines) is 1. The standard InChI is InChI=1S/C14H29N3/c1-4-17-9-6-13(7-10-17)16(3)14-5-8-15-12(2)11-14/h12-15H,4-11H2,1-3H3. The van der Waals surface area contributed by atoms with Crippen molar-refractivity contribution in [3.05, 3.63) is 0 Å². The first-order valence-electron chi connectivity index (χ1n) is 7.38. The Kier molecular flexibility index (Phi) is 4.83. The Bertz CT molecular complexity index is 224. The molecule has 17 heavy (non-hydrogen) atoms. The minimum absolute atomic E-state index is 0.701. The number of piperidine rings is 2. The van der Waals surface area contributed by atoms with Crippen molar-refractivity contribution < 1.29 is 0 Å². The summed E-state index contributed by atoms with van der Waals surface area (Å²) in [5.74, 6) is 0. The van der Waals surface area contributed by atoms with Crippen molar-refractivity contribution in [3.63, 3.8) is 0 Å². The third kappa shape index (κ3) is 3.43. The van der Waals surface area contributed by atoms with E-state index in [1.807, 2.05) is 0 Å². The van der Waals surface area contributed by atoms with Crippen LogP contribution in [0.15, 0.2) is 0 Å². The van der Waals surface area contributed by atoms with Crippen LogP contribution in [0.5, 0.6) is 0 Å². The highest BCUT2D eigenvalue weighted by atomic mass is 15.2. The summed E-state index contributed by atoms with van der Waals surface area (Å²) in [6, 6.07) is 2.34. The van der Waals surface area contributed by atoms with Crippen LogP contribution in [0, 0.1) is 0 Å². The highest BCUT2D eigenvalue weighted by molar-refractivity contribution is 4.86. The van der Waals surface area contributed by atoms with Gasteiger partial charge in [0.1, 0.15) is 0 Å². The molecule has 0 saturated carbocycles. The highest BCUT2D eigenvalue weighted by Crippen LogP contribution is 2.22. The summed E-state index contributed by atoms with van der Waals surface area (Å²) >= 11 is 0. The molecule has 0 spiro atoms. The molecule has 2 aliphatic rings. The predicted octanol–water partition coefficient (Wildman–Crippen LogP) is 1.54. The van der Waals surface area contributed by atoms with Gasteiger partial charge in [0, 0.05) is 18.1 Å². The monoisotopic (exact) mass is 239 g/mol. The van der Waals surface area contributed by atoms with Gasteiger partial charge in [-0.05, 0) is 65.8 Å². The fourth-order valence-corrected chi connectivity index (χ4v) is 3.42. The summed E-state index contributed by atoms with van der Waals surface area (Å²) < 4.78 is 0. The number of rotatable bonds is 3. The van der Waals surface area contributed by atoms with Gasteiger partial charge in [0.05, 0.1) is 0 Å². The van der Waals surface area contributed by atoms with E-state index in [9.17, 15) is 0 Å². The van der Waals surface area contributed by atoms with E-state index >= 15 is 0 Å². The molecule has 3 nitrogen and oxygen atoms in total. The molecule has 2 saturated heterocycles. The summed E-state index contributed by atoms with van der Waals surface area (Å²) in [5.41, 5.74) is 0. The van der Waals surface area contributed by atoms with Crippen molar-refractivity contribution in [2.45, 2.75) is 57.7 Å². The van der Waals surface area contributed by atoms with Gasteiger partial charge in [0.25, 0.3) is 0 Å². The molecule has 0 amide bonds. The van der Waals surface area contributed by atoms with Gasteiger partial charge < -0.3 is 15.1 Å². The molecule has 2 atom stereocenters. The van der Waals surface area contributed by atoms with Gasteiger partial charge in [0.15, 0.2) is 0 Å². The molecule has 0 radical (unpaired) electrons. The van der Waals surface area contributed by atoms with Crippen molar-refractivity contribution in [3.8, 4) is 0 Å². The quantitative estimate of drug-likeness (QED) is 0.806. The summed E-state index contributed by atoms with van der Waals surface area (Å²) in [7, 11) is 2.36. The van der Waals surface area contributed by atoms with Gasteiger partial charge in [-0.15, -0.1) is 0 Å². The molecule has 2 rings (SSSR count). The number of hydrogen-bond acceptors (Lipinski definition) is 3. The minimum atomic E-state index is 0.701. The van der Waals surface area contributed by atoms with E-state index in [0.29, 0.717) is 6.04 Å². The van der Waals surface area contributed by atoms with Crippen LogP contribution in [0.3, 0.4) is 0 Å². The molecule has 0 bridgehead atoms. The second-order valence-electron chi connectivity index (χ2n) is 5.86. The third-order valence-electron chi connectivity index (χ3n) is 4.75. The van der Waals surface area contributed by atoms with Crippen LogP contribution in [0.4, 0.5) is 0 Å². The van der Waals surface area contributed by atoms with Crippen molar-refractivity contribution >= 4 is 0 Å². The van der Waals surface area contributed by atoms with Crippen LogP contribution >= 0.6 is 0 Å². The molecule has 0 aromatic heterocycles. The molecule has 0 aromatic carbocycles. The van der Waals surface area contributed by atoms with Crippen LogP contribution in [-0.2, 0) is 0 Å². The maximum absolute atomic E-state index is 3.55. The molecule has 100 valence electrons. The Hall–Kier alpha value is -0.120. The fraction of sp³-hybridized carbons (Fsp3) is 1.00. The zero-order valence-electron chi connectivity index (χ0n) is 11.8. The smallest absolute Gasteiger partial charge is 0.0122 e. The van der Waals surface area contributed by atoms with Crippen molar-refractivity contribution in [1.82, 2.24) is 15.1 Å². The SMILES string of the molecule is CCN1CCC(N(C)C2CCNC(C)C2)CC1. The van der Waals surface area contributed by atoms with Crippen LogP contribution < -0.4 is 5.32 Å². The second kappa shape index (κ2) is 6.17. The van der Waals surface area contributed by atoms with E-state index in [4.69, 9.17) is 0 Å². The maximum atomic E-state index is 3.55. The Morgan fingerprint density at radius 3 is 2.47 bits per heavy atom. The summed E-state index contributed by atoms with van der Waals surface area (Å²) in [6.45, 7) is 9.61. The molecule has 2 aliphatic heterocycles.